The average Bonchev–Trinajstić information content (AvgIpc) is 3.04. The van der Waals surface area contributed by atoms with Crippen molar-refractivity contribution in [3.8, 4) is 0 Å². The molecule has 3 atom stereocenters. The van der Waals surface area contributed by atoms with E-state index >= 15 is 0 Å². The molecule has 2 aromatic rings. The molecule has 0 bridgehead atoms. The minimum Gasteiger partial charge on any atom is -0.383 e. The first-order chi connectivity index (χ1) is 14.5. The second-order valence-corrected chi connectivity index (χ2v) is 8.38. The van der Waals surface area contributed by atoms with Crippen LogP contribution in [-0.4, -0.2) is 64.9 Å². The lowest BCUT2D eigenvalue weighted by molar-refractivity contribution is 0.185. The van der Waals surface area contributed by atoms with Gasteiger partial charge >= 0.3 is 0 Å². The fourth-order valence-corrected chi connectivity index (χ4v) is 3.97. The van der Waals surface area contributed by atoms with Crippen molar-refractivity contribution in [2.45, 2.75) is 52.7 Å². The Bertz CT molecular complexity index is 966. The van der Waals surface area contributed by atoms with E-state index in [4.69, 9.17) is 19.8 Å². The summed E-state index contributed by atoms with van der Waals surface area (Å²) < 4.78 is 7.21. The molecule has 2 N–H and O–H groups in total. The predicted octanol–water partition coefficient (Wildman–Crippen LogP) is 2.33. The van der Waals surface area contributed by atoms with E-state index in [0.29, 0.717) is 31.2 Å². The van der Waals surface area contributed by atoms with Gasteiger partial charge in [0.1, 0.15) is 16.9 Å². The Morgan fingerprint density at radius 2 is 2.10 bits per heavy atom. The lowest BCUT2D eigenvalue weighted by Crippen LogP contribution is -2.55. The van der Waals surface area contributed by atoms with Gasteiger partial charge in [0, 0.05) is 38.5 Å². The number of piperazine rings is 1. The summed E-state index contributed by atoms with van der Waals surface area (Å²) in [6.45, 7) is 11.5. The van der Waals surface area contributed by atoms with Crippen LogP contribution in [0.1, 0.15) is 32.9 Å². The van der Waals surface area contributed by atoms with Crippen LogP contribution in [0.5, 0.6) is 0 Å². The number of methoxy groups -OCH3 is 1. The summed E-state index contributed by atoms with van der Waals surface area (Å²) in [6, 6.07) is 0.691. The van der Waals surface area contributed by atoms with E-state index in [1.54, 1.807) is 7.11 Å². The van der Waals surface area contributed by atoms with Crippen LogP contribution in [0.15, 0.2) is 16.9 Å². The number of rotatable bonds is 6. The van der Waals surface area contributed by atoms with Gasteiger partial charge in [0.15, 0.2) is 5.82 Å². The summed E-state index contributed by atoms with van der Waals surface area (Å²) in [7, 11) is 1.70. The Labute approximate surface area is 177 Å². The Kier molecular flexibility index (Phi) is 6.01. The number of nitrogens with zero attached hydrogens (tertiary/aromatic N) is 6. The third-order valence-corrected chi connectivity index (χ3v) is 5.67. The number of aliphatic imine (C=N–C) groups is 1. The molecule has 30 heavy (non-hydrogen) atoms. The predicted molar refractivity (Wildman–Crippen MR) is 120 cm³/mol. The molecule has 2 aliphatic heterocycles. The van der Waals surface area contributed by atoms with Gasteiger partial charge in [0.2, 0.25) is 5.95 Å². The van der Waals surface area contributed by atoms with Crippen molar-refractivity contribution < 1.29 is 4.74 Å². The van der Waals surface area contributed by atoms with Gasteiger partial charge in [-0.05, 0) is 39.2 Å². The zero-order valence-electron chi connectivity index (χ0n) is 18.5. The quantitative estimate of drug-likeness (QED) is 0.752. The van der Waals surface area contributed by atoms with Crippen LogP contribution in [0.3, 0.4) is 0 Å². The molecular formula is C21H32N8O. The zero-order valence-corrected chi connectivity index (χ0v) is 18.5. The number of fused-ring (bicyclic) bond motifs is 1. The number of nitrogens with one attached hydrogen (secondary N) is 2. The minimum atomic E-state index is 0.308. The van der Waals surface area contributed by atoms with E-state index < -0.39 is 0 Å². The first kappa shape index (κ1) is 20.7. The van der Waals surface area contributed by atoms with Crippen molar-refractivity contribution in [3.05, 3.63) is 17.6 Å². The molecule has 9 nitrogen and oxygen atoms in total. The maximum Gasteiger partial charge on any atom is 0.228 e. The molecule has 0 aromatic carbocycles. The number of anilines is 2. The minimum absolute atomic E-state index is 0.308. The van der Waals surface area contributed by atoms with Crippen LogP contribution >= 0.6 is 0 Å². The second kappa shape index (κ2) is 8.69. The molecule has 162 valence electrons. The van der Waals surface area contributed by atoms with Crippen LogP contribution in [0, 0.1) is 12.8 Å². The lowest BCUT2D eigenvalue weighted by Gasteiger charge is -2.37. The molecule has 0 aliphatic carbocycles. The normalized spacial score (nSPS) is 24.4. The molecule has 2 aliphatic rings. The van der Waals surface area contributed by atoms with Gasteiger partial charge in [-0.15, -0.1) is 0 Å². The standard InChI is InChI=1S/C21H32N8O/c1-13-6-7-22-17(10-13)24-20-19-18(16(4)27-29(19)8-9-30-5)25-21(26-20)28-12-14(2)23-11-15(28)3/h7,10,13-15,23H,6,8-9,11-12H2,1-5H3,(H,24,25,26)/t13?,14-,15+/m1/s1. The number of ether oxygens (including phenoxy) is 1. The monoisotopic (exact) mass is 412 g/mol. The van der Waals surface area contributed by atoms with Crippen molar-refractivity contribution in [1.82, 2.24) is 25.1 Å². The maximum absolute atomic E-state index is 5.28. The van der Waals surface area contributed by atoms with E-state index in [2.05, 4.69) is 47.4 Å². The molecule has 4 heterocycles. The molecule has 1 saturated heterocycles. The van der Waals surface area contributed by atoms with Crippen molar-refractivity contribution in [2.75, 3.05) is 37.0 Å². The Morgan fingerprint density at radius 3 is 2.87 bits per heavy atom. The fraction of sp³-hybridized carbons (Fsp3) is 0.619. The SMILES string of the molecule is COCCn1nc(C)c2nc(N3C[C@@H](C)NC[C@@H]3C)nc(NC3=CC(C)CC=N3)c21. The second-order valence-electron chi connectivity index (χ2n) is 8.38. The number of hydrogen-bond donors (Lipinski definition) is 2. The van der Waals surface area contributed by atoms with Crippen molar-refractivity contribution in [3.63, 3.8) is 0 Å². The molecule has 1 unspecified atom stereocenters. The molecule has 0 radical (unpaired) electrons. The van der Waals surface area contributed by atoms with Crippen LogP contribution in [-0.2, 0) is 11.3 Å². The van der Waals surface area contributed by atoms with Crippen LogP contribution < -0.4 is 15.5 Å². The van der Waals surface area contributed by atoms with Gasteiger partial charge < -0.3 is 20.3 Å². The summed E-state index contributed by atoms with van der Waals surface area (Å²) in [5.41, 5.74) is 2.64. The highest BCUT2D eigenvalue weighted by atomic mass is 16.5. The van der Waals surface area contributed by atoms with Gasteiger partial charge in [0.25, 0.3) is 0 Å². The lowest BCUT2D eigenvalue weighted by atomic mass is 10.1. The molecule has 4 rings (SSSR count). The summed E-state index contributed by atoms with van der Waals surface area (Å²) in [4.78, 5) is 16.7. The van der Waals surface area contributed by atoms with Gasteiger partial charge in [-0.1, -0.05) is 6.92 Å². The van der Waals surface area contributed by atoms with E-state index in [9.17, 15) is 0 Å². The molecule has 0 spiro atoms. The number of aromatic nitrogens is 4. The first-order valence-corrected chi connectivity index (χ1v) is 10.7. The van der Waals surface area contributed by atoms with Crippen LogP contribution in [0.4, 0.5) is 11.8 Å². The third kappa shape index (κ3) is 4.17. The summed E-state index contributed by atoms with van der Waals surface area (Å²) >= 11 is 0. The molecule has 1 fully saturated rings. The molecule has 9 heteroatoms. The van der Waals surface area contributed by atoms with Gasteiger partial charge in [-0.3, -0.25) is 4.68 Å². The van der Waals surface area contributed by atoms with Crippen LogP contribution in [0.2, 0.25) is 0 Å². The Hall–Kier alpha value is -2.52. The number of hydrogen-bond acceptors (Lipinski definition) is 8. The summed E-state index contributed by atoms with van der Waals surface area (Å²) in [5.74, 6) is 2.73. The third-order valence-electron chi connectivity index (χ3n) is 5.67. The maximum atomic E-state index is 5.28. The number of allylic oxidation sites excluding steroid dienone is 1. The largest absolute Gasteiger partial charge is 0.383 e. The van der Waals surface area contributed by atoms with Gasteiger partial charge in [-0.2, -0.15) is 10.1 Å². The average molecular weight is 413 g/mol. The topological polar surface area (TPSA) is 92.5 Å². The van der Waals surface area contributed by atoms with E-state index in [-0.39, 0.29) is 0 Å². The van der Waals surface area contributed by atoms with E-state index in [0.717, 1.165) is 53.8 Å². The molecule has 2 aromatic heterocycles. The highest BCUT2D eigenvalue weighted by Crippen LogP contribution is 2.29. The fourth-order valence-electron chi connectivity index (χ4n) is 3.97. The Morgan fingerprint density at radius 1 is 1.27 bits per heavy atom. The highest BCUT2D eigenvalue weighted by Gasteiger charge is 2.27. The number of aryl methyl sites for hydroxylation is 1. The first-order valence-electron chi connectivity index (χ1n) is 10.7. The van der Waals surface area contributed by atoms with Crippen molar-refractivity contribution in [1.29, 1.82) is 0 Å². The van der Waals surface area contributed by atoms with Gasteiger partial charge in [0.05, 0.1) is 18.8 Å². The van der Waals surface area contributed by atoms with Crippen LogP contribution in [0.25, 0.3) is 11.0 Å². The van der Waals surface area contributed by atoms with Gasteiger partial charge in [-0.25, -0.2) is 9.98 Å². The summed E-state index contributed by atoms with van der Waals surface area (Å²) in [6.07, 6.45) is 5.06. The summed E-state index contributed by atoms with van der Waals surface area (Å²) in [5, 5.41) is 11.7. The molecule has 0 amide bonds. The van der Waals surface area contributed by atoms with E-state index in [1.807, 2.05) is 17.8 Å². The van der Waals surface area contributed by atoms with E-state index in [1.165, 1.54) is 0 Å². The smallest absolute Gasteiger partial charge is 0.228 e. The zero-order chi connectivity index (χ0) is 21.3. The van der Waals surface area contributed by atoms with Crippen molar-refractivity contribution >= 4 is 29.0 Å². The highest BCUT2D eigenvalue weighted by molar-refractivity contribution is 5.89. The Balaban J connectivity index is 1.81. The molecular weight excluding hydrogens is 380 g/mol. The molecule has 0 saturated carbocycles. The van der Waals surface area contributed by atoms with Crippen molar-refractivity contribution in [2.24, 2.45) is 10.9 Å².